The van der Waals surface area contributed by atoms with Crippen molar-refractivity contribution in [1.29, 1.82) is 0 Å². The molecule has 1 atom stereocenters. The van der Waals surface area contributed by atoms with Crippen molar-refractivity contribution in [2.75, 3.05) is 0 Å². The minimum atomic E-state index is -0.405. The maximum Gasteiger partial charge on any atom is 0.159 e. The molecule has 10 aromatic rings. The van der Waals surface area contributed by atoms with Gasteiger partial charge < -0.3 is 14.2 Å². The summed E-state index contributed by atoms with van der Waals surface area (Å²) < 4.78 is 12.7. The fourth-order valence-corrected chi connectivity index (χ4v) is 7.80. The Kier molecular flexibility index (Phi) is 6.21. The quantitative estimate of drug-likeness (QED) is 0.202. The molecule has 11 rings (SSSR count). The molecule has 6 heteroatoms. The SMILES string of the molecule is c1ccc(C2=NC(c3cccc4oc5ccccc5c34)NC(c3cccc4c(-c5cccc6oc7cc8ccccc8nc7c56)cccc34)=N2)cc1. The molecule has 0 radical (unpaired) electrons. The van der Waals surface area contributed by atoms with Gasteiger partial charge in [-0.25, -0.2) is 15.0 Å². The topological polar surface area (TPSA) is 75.9 Å². The van der Waals surface area contributed by atoms with E-state index in [1.54, 1.807) is 0 Å². The van der Waals surface area contributed by atoms with Gasteiger partial charge in [-0.15, -0.1) is 0 Å². The number of hydrogen-bond acceptors (Lipinski definition) is 6. The van der Waals surface area contributed by atoms with Crippen LogP contribution >= 0.6 is 0 Å². The van der Waals surface area contributed by atoms with Gasteiger partial charge >= 0.3 is 0 Å². The lowest BCUT2D eigenvalue weighted by Gasteiger charge is -2.25. The van der Waals surface area contributed by atoms with Crippen molar-refractivity contribution in [2.24, 2.45) is 9.98 Å². The lowest BCUT2D eigenvalue weighted by molar-refractivity contribution is 0.662. The number of para-hydroxylation sites is 2. The Morgan fingerprint density at radius 1 is 0.500 bits per heavy atom. The third kappa shape index (κ3) is 4.41. The summed E-state index contributed by atoms with van der Waals surface area (Å²) in [4.78, 5) is 15.5. The van der Waals surface area contributed by atoms with E-state index in [4.69, 9.17) is 23.8 Å². The summed E-state index contributed by atoms with van der Waals surface area (Å²) >= 11 is 0. The molecular weight excluding hydrogens is 641 g/mol. The Morgan fingerprint density at radius 3 is 2.06 bits per heavy atom. The van der Waals surface area contributed by atoms with Crippen molar-refractivity contribution in [3.05, 3.63) is 174 Å². The van der Waals surface area contributed by atoms with E-state index < -0.39 is 6.17 Å². The number of benzene rings is 7. The lowest BCUT2D eigenvalue weighted by Crippen LogP contribution is -2.33. The highest BCUT2D eigenvalue weighted by atomic mass is 16.3. The maximum atomic E-state index is 6.40. The number of nitrogens with zero attached hydrogens (tertiary/aromatic N) is 3. The lowest BCUT2D eigenvalue weighted by atomic mass is 9.93. The summed E-state index contributed by atoms with van der Waals surface area (Å²) in [5.41, 5.74) is 10.2. The normalized spacial score (nSPS) is 14.7. The average molecular weight is 669 g/mol. The number of pyridine rings is 1. The summed E-state index contributed by atoms with van der Waals surface area (Å²) in [5.74, 6) is 1.43. The summed E-state index contributed by atoms with van der Waals surface area (Å²) in [7, 11) is 0. The van der Waals surface area contributed by atoms with Gasteiger partial charge in [0.15, 0.2) is 11.4 Å². The summed E-state index contributed by atoms with van der Waals surface area (Å²) in [6.07, 6.45) is -0.405. The third-order valence-electron chi connectivity index (χ3n) is 10.1. The fourth-order valence-electron chi connectivity index (χ4n) is 7.80. The first-order chi connectivity index (χ1) is 25.8. The minimum absolute atomic E-state index is 0.405. The number of hydrogen-bond donors (Lipinski definition) is 1. The standard InChI is InChI=1S/C46H28N4O2/c1-2-12-27(13-3-1)44-48-45(50-46(49-44)35-21-11-24-38-41(35)34-15-5-7-23-37(34)51-38)33-20-9-16-29-30(17-8-18-31(29)33)32-19-10-25-39-42(32)43-40(52-39)26-28-14-4-6-22-36(28)47-43/h1-26,46H,(H,48,49,50). The van der Waals surface area contributed by atoms with E-state index in [0.29, 0.717) is 5.84 Å². The molecule has 4 heterocycles. The van der Waals surface area contributed by atoms with E-state index in [-0.39, 0.29) is 0 Å². The molecule has 0 amide bonds. The molecule has 1 N–H and O–H groups in total. The van der Waals surface area contributed by atoms with Crippen LogP contribution in [0.15, 0.2) is 177 Å². The molecule has 244 valence electrons. The number of furan rings is 2. The molecule has 0 spiro atoms. The van der Waals surface area contributed by atoms with E-state index in [0.717, 1.165) is 99.3 Å². The van der Waals surface area contributed by atoms with Gasteiger partial charge in [-0.2, -0.15) is 0 Å². The van der Waals surface area contributed by atoms with E-state index in [2.05, 4.69) is 90.2 Å². The number of amidine groups is 2. The van der Waals surface area contributed by atoms with E-state index in [9.17, 15) is 0 Å². The van der Waals surface area contributed by atoms with Crippen molar-refractivity contribution in [1.82, 2.24) is 10.3 Å². The third-order valence-corrected chi connectivity index (χ3v) is 10.1. The molecule has 1 aliphatic heterocycles. The highest BCUT2D eigenvalue weighted by molar-refractivity contribution is 6.21. The molecule has 52 heavy (non-hydrogen) atoms. The van der Waals surface area contributed by atoms with Crippen LogP contribution in [-0.4, -0.2) is 16.7 Å². The van der Waals surface area contributed by atoms with Crippen molar-refractivity contribution in [3.8, 4) is 11.1 Å². The van der Waals surface area contributed by atoms with Crippen molar-refractivity contribution in [2.45, 2.75) is 6.17 Å². The predicted molar refractivity (Wildman–Crippen MR) is 211 cm³/mol. The van der Waals surface area contributed by atoms with Crippen LogP contribution in [0.3, 0.4) is 0 Å². The van der Waals surface area contributed by atoms with Gasteiger partial charge in [0.25, 0.3) is 0 Å². The van der Waals surface area contributed by atoms with E-state index >= 15 is 0 Å². The number of rotatable bonds is 4. The van der Waals surface area contributed by atoms with Gasteiger partial charge in [-0.05, 0) is 52.2 Å². The smallest absolute Gasteiger partial charge is 0.159 e. The molecule has 0 aliphatic carbocycles. The highest BCUT2D eigenvalue weighted by Gasteiger charge is 2.26. The van der Waals surface area contributed by atoms with Gasteiger partial charge in [0, 0.05) is 32.8 Å². The van der Waals surface area contributed by atoms with Crippen LogP contribution in [0.2, 0.25) is 0 Å². The van der Waals surface area contributed by atoms with Crippen LogP contribution in [0.4, 0.5) is 0 Å². The first-order valence-corrected chi connectivity index (χ1v) is 17.4. The molecule has 0 fully saturated rings. The van der Waals surface area contributed by atoms with Gasteiger partial charge in [-0.3, -0.25) is 0 Å². The summed E-state index contributed by atoms with van der Waals surface area (Å²) in [6, 6.07) is 53.9. The minimum Gasteiger partial charge on any atom is -0.456 e. The zero-order valence-corrected chi connectivity index (χ0v) is 27.7. The molecule has 7 aromatic carbocycles. The molecule has 3 aromatic heterocycles. The van der Waals surface area contributed by atoms with Crippen molar-refractivity contribution >= 4 is 77.4 Å². The molecule has 0 saturated carbocycles. The van der Waals surface area contributed by atoms with Gasteiger partial charge in [0.1, 0.15) is 34.3 Å². The largest absolute Gasteiger partial charge is 0.456 e. The predicted octanol–water partition coefficient (Wildman–Crippen LogP) is 11.3. The molecule has 0 bridgehead atoms. The molecule has 6 nitrogen and oxygen atoms in total. The second kappa shape index (κ2) is 11.2. The fraction of sp³-hybridized carbons (Fsp3) is 0.0217. The monoisotopic (exact) mass is 668 g/mol. The summed E-state index contributed by atoms with van der Waals surface area (Å²) in [5, 5.41) is 10.1. The van der Waals surface area contributed by atoms with Crippen LogP contribution in [0.1, 0.15) is 22.9 Å². The zero-order valence-electron chi connectivity index (χ0n) is 27.7. The van der Waals surface area contributed by atoms with E-state index in [1.807, 2.05) is 72.8 Å². The van der Waals surface area contributed by atoms with E-state index in [1.165, 1.54) is 0 Å². The maximum absolute atomic E-state index is 6.40. The number of nitrogens with one attached hydrogen (secondary N) is 1. The van der Waals surface area contributed by atoms with Gasteiger partial charge in [-0.1, -0.05) is 127 Å². The van der Waals surface area contributed by atoms with Gasteiger partial charge in [0.2, 0.25) is 0 Å². The van der Waals surface area contributed by atoms with Crippen LogP contribution in [-0.2, 0) is 0 Å². The Balaban J connectivity index is 1.10. The Labute approximate surface area is 297 Å². The molecule has 0 saturated heterocycles. The first kappa shape index (κ1) is 28.8. The number of aromatic nitrogens is 1. The molecule has 1 unspecified atom stereocenters. The van der Waals surface area contributed by atoms with Gasteiger partial charge in [0.05, 0.1) is 10.9 Å². The number of aliphatic imine (C=N–C) groups is 2. The highest BCUT2D eigenvalue weighted by Crippen LogP contribution is 2.41. The van der Waals surface area contributed by atoms with Crippen LogP contribution in [0.5, 0.6) is 0 Å². The Hall–Kier alpha value is -7.05. The van der Waals surface area contributed by atoms with Crippen LogP contribution in [0, 0.1) is 0 Å². The zero-order chi connectivity index (χ0) is 34.2. The first-order valence-electron chi connectivity index (χ1n) is 17.4. The summed E-state index contributed by atoms with van der Waals surface area (Å²) in [6.45, 7) is 0. The van der Waals surface area contributed by atoms with Crippen molar-refractivity contribution in [3.63, 3.8) is 0 Å². The van der Waals surface area contributed by atoms with Crippen molar-refractivity contribution < 1.29 is 8.83 Å². The Bertz CT molecular complexity index is 3120. The van der Waals surface area contributed by atoms with Crippen LogP contribution < -0.4 is 5.32 Å². The second-order valence-electron chi connectivity index (χ2n) is 13.2. The number of fused-ring (bicyclic) bond motifs is 8. The van der Waals surface area contributed by atoms with Crippen LogP contribution in [0.25, 0.3) is 76.8 Å². The molecule has 1 aliphatic rings. The second-order valence-corrected chi connectivity index (χ2v) is 13.2. The average Bonchev–Trinajstić information content (AvgIpc) is 3.77. The Morgan fingerprint density at radius 2 is 1.15 bits per heavy atom. The molecular formula is C46H28N4O2.